The standard InChI is InChI=1S/C11H14Cl2N2O.C7H5ClO.2ClH/c1-11(2,3)15(14)10(16)8-5-4-7(12)6-9(8)13;8-7(9)6-4-2-1-3-5-6;;/h4-6H,14H2,1-3H3;1-5H;2*1H. The van der Waals surface area contributed by atoms with E-state index in [0.29, 0.717) is 21.2 Å². The number of rotatable bonds is 2. The van der Waals surface area contributed by atoms with Crippen LogP contribution in [0.4, 0.5) is 0 Å². The molecule has 0 saturated carbocycles. The normalized spacial score (nSPS) is 9.74. The van der Waals surface area contributed by atoms with Crippen LogP contribution in [0.1, 0.15) is 41.5 Å². The van der Waals surface area contributed by atoms with Gasteiger partial charge in [0, 0.05) is 10.6 Å². The van der Waals surface area contributed by atoms with Crippen molar-refractivity contribution in [2.45, 2.75) is 26.3 Å². The van der Waals surface area contributed by atoms with Crippen molar-refractivity contribution in [3.05, 3.63) is 69.7 Å². The second kappa shape index (κ2) is 12.4. The van der Waals surface area contributed by atoms with Crippen LogP contribution >= 0.6 is 59.6 Å². The van der Waals surface area contributed by atoms with Crippen LogP contribution in [0, 0.1) is 0 Å². The fourth-order valence-electron chi connectivity index (χ4n) is 1.67. The number of halogens is 5. The van der Waals surface area contributed by atoms with Crippen molar-refractivity contribution >= 4 is 70.8 Å². The highest BCUT2D eigenvalue weighted by Gasteiger charge is 2.25. The largest absolute Gasteiger partial charge is 0.276 e. The summed E-state index contributed by atoms with van der Waals surface area (Å²) < 4.78 is 0. The molecule has 150 valence electrons. The van der Waals surface area contributed by atoms with Crippen molar-refractivity contribution in [3.8, 4) is 0 Å². The number of carbonyl (C=O) groups excluding carboxylic acids is 2. The second-order valence-electron chi connectivity index (χ2n) is 6.11. The van der Waals surface area contributed by atoms with E-state index in [1.165, 1.54) is 6.07 Å². The fourth-order valence-corrected chi connectivity index (χ4v) is 2.28. The van der Waals surface area contributed by atoms with Gasteiger partial charge in [0.1, 0.15) is 0 Å². The molecule has 2 aromatic rings. The van der Waals surface area contributed by atoms with Gasteiger partial charge in [-0.3, -0.25) is 14.6 Å². The highest BCUT2D eigenvalue weighted by Crippen LogP contribution is 2.23. The summed E-state index contributed by atoms with van der Waals surface area (Å²) in [7, 11) is 0. The Morgan fingerprint density at radius 2 is 1.48 bits per heavy atom. The van der Waals surface area contributed by atoms with Gasteiger partial charge in [0.15, 0.2) is 0 Å². The van der Waals surface area contributed by atoms with Crippen LogP contribution in [0.2, 0.25) is 10.0 Å². The molecule has 0 aliphatic rings. The number of benzene rings is 2. The summed E-state index contributed by atoms with van der Waals surface area (Å²) in [4.78, 5) is 22.4. The first-order valence-corrected chi connectivity index (χ1v) is 8.46. The zero-order valence-electron chi connectivity index (χ0n) is 14.9. The second-order valence-corrected chi connectivity index (χ2v) is 7.30. The van der Waals surface area contributed by atoms with E-state index in [-0.39, 0.29) is 30.7 Å². The minimum atomic E-state index is -0.458. The Labute approximate surface area is 186 Å². The minimum Gasteiger partial charge on any atom is -0.276 e. The molecule has 0 aliphatic heterocycles. The molecule has 9 heteroatoms. The predicted octanol–water partition coefficient (Wildman–Crippen LogP) is 6.02. The Kier molecular flexibility index (Phi) is 13.0. The molecule has 0 fully saturated rings. The maximum absolute atomic E-state index is 12.0. The molecule has 0 atom stereocenters. The molecule has 0 aromatic heterocycles. The molecule has 1 amide bonds. The summed E-state index contributed by atoms with van der Waals surface area (Å²) in [6, 6.07) is 13.4. The average Bonchev–Trinajstić information content (AvgIpc) is 2.54. The maximum Gasteiger partial charge on any atom is 0.269 e. The Hall–Kier alpha value is -1.01. The number of amides is 1. The lowest BCUT2D eigenvalue weighted by molar-refractivity contribution is 0.0582. The fraction of sp³-hybridized carbons (Fsp3) is 0.222. The van der Waals surface area contributed by atoms with E-state index in [0.717, 1.165) is 5.01 Å². The van der Waals surface area contributed by atoms with Gasteiger partial charge in [-0.2, -0.15) is 0 Å². The average molecular weight is 475 g/mol. The van der Waals surface area contributed by atoms with Gasteiger partial charge in [-0.25, -0.2) is 5.84 Å². The Morgan fingerprint density at radius 1 is 0.963 bits per heavy atom. The third kappa shape index (κ3) is 9.15. The topological polar surface area (TPSA) is 63.4 Å². The van der Waals surface area contributed by atoms with E-state index in [2.05, 4.69) is 0 Å². The maximum atomic E-state index is 12.0. The molecule has 0 saturated heterocycles. The highest BCUT2D eigenvalue weighted by atomic mass is 35.5. The summed E-state index contributed by atoms with van der Waals surface area (Å²) in [6.45, 7) is 5.53. The van der Waals surface area contributed by atoms with Gasteiger partial charge in [0.25, 0.3) is 11.1 Å². The zero-order chi connectivity index (χ0) is 19.2. The Bertz CT molecular complexity index is 749. The smallest absolute Gasteiger partial charge is 0.269 e. The third-order valence-electron chi connectivity index (χ3n) is 3.10. The Balaban J connectivity index is 0. The van der Waals surface area contributed by atoms with Gasteiger partial charge in [0.2, 0.25) is 0 Å². The number of carbonyl (C=O) groups is 2. The minimum absolute atomic E-state index is 0. The van der Waals surface area contributed by atoms with Gasteiger partial charge < -0.3 is 0 Å². The summed E-state index contributed by atoms with van der Waals surface area (Å²) in [5, 5.41) is 1.54. The van der Waals surface area contributed by atoms with E-state index in [9.17, 15) is 9.59 Å². The van der Waals surface area contributed by atoms with Crippen LogP contribution in [0.3, 0.4) is 0 Å². The van der Waals surface area contributed by atoms with Gasteiger partial charge in [0.05, 0.1) is 16.1 Å². The van der Waals surface area contributed by atoms with E-state index >= 15 is 0 Å². The SMILES string of the molecule is CC(C)(C)N(N)C(=O)c1ccc(Cl)cc1Cl.Cl.Cl.O=C(Cl)c1ccccc1. The van der Waals surface area contributed by atoms with E-state index < -0.39 is 10.8 Å². The number of hydrazine groups is 1. The van der Waals surface area contributed by atoms with Crippen molar-refractivity contribution in [2.75, 3.05) is 0 Å². The van der Waals surface area contributed by atoms with Crippen LogP contribution in [0.15, 0.2) is 48.5 Å². The lowest BCUT2D eigenvalue weighted by Gasteiger charge is -2.31. The summed E-state index contributed by atoms with van der Waals surface area (Å²) in [5.74, 6) is 5.40. The van der Waals surface area contributed by atoms with Gasteiger partial charge in [-0.1, -0.05) is 53.5 Å². The quantitative estimate of drug-likeness (QED) is 0.251. The molecular formula is C18H21Cl5N2O2. The highest BCUT2D eigenvalue weighted by molar-refractivity contribution is 6.67. The molecular weight excluding hydrogens is 453 g/mol. The third-order valence-corrected chi connectivity index (χ3v) is 3.87. The molecule has 0 bridgehead atoms. The summed E-state index contributed by atoms with van der Waals surface area (Å²) in [5.41, 5.74) is 0.433. The Morgan fingerprint density at radius 3 is 1.85 bits per heavy atom. The van der Waals surface area contributed by atoms with E-state index in [1.807, 2.05) is 26.8 Å². The van der Waals surface area contributed by atoms with Crippen molar-refractivity contribution in [1.29, 1.82) is 0 Å². The molecule has 0 spiro atoms. The molecule has 0 radical (unpaired) electrons. The number of nitrogens with two attached hydrogens (primary N) is 1. The van der Waals surface area contributed by atoms with E-state index in [1.54, 1.807) is 36.4 Å². The molecule has 0 heterocycles. The van der Waals surface area contributed by atoms with Crippen LogP contribution < -0.4 is 5.84 Å². The first kappa shape index (κ1) is 28.2. The van der Waals surface area contributed by atoms with Crippen molar-refractivity contribution in [2.24, 2.45) is 5.84 Å². The van der Waals surface area contributed by atoms with Crippen LogP contribution in [0.25, 0.3) is 0 Å². The molecule has 0 unspecified atom stereocenters. The monoisotopic (exact) mass is 472 g/mol. The van der Waals surface area contributed by atoms with E-state index in [4.69, 9.17) is 40.6 Å². The lowest BCUT2D eigenvalue weighted by atomic mass is 10.1. The molecule has 27 heavy (non-hydrogen) atoms. The first-order valence-electron chi connectivity index (χ1n) is 7.33. The predicted molar refractivity (Wildman–Crippen MR) is 118 cm³/mol. The number of hydrogen-bond donors (Lipinski definition) is 1. The molecule has 4 nitrogen and oxygen atoms in total. The molecule has 2 N–H and O–H groups in total. The van der Waals surface area contributed by atoms with Gasteiger partial charge in [-0.15, -0.1) is 24.8 Å². The molecule has 0 aliphatic carbocycles. The molecule has 2 rings (SSSR count). The lowest BCUT2D eigenvalue weighted by Crippen LogP contribution is -2.50. The summed E-state index contributed by atoms with van der Waals surface area (Å²) in [6.07, 6.45) is 0. The van der Waals surface area contributed by atoms with Crippen LogP contribution in [0.5, 0.6) is 0 Å². The summed E-state index contributed by atoms with van der Waals surface area (Å²) >= 11 is 16.8. The van der Waals surface area contributed by atoms with Crippen molar-refractivity contribution < 1.29 is 9.59 Å². The number of hydrogen-bond acceptors (Lipinski definition) is 3. The first-order chi connectivity index (χ1) is 11.5. The zero-order valence-corrected chi connectivity index (χ0v) is 18.8. The van der Waals surface area contributed by atoms with Crippen molar-refractivity contribution in [1.82, 2.24) is 5.01 Å². The van der Waals surface area contributed by atoms with Gasteiger partial charge in [-0.05, 0) is 50.6 Å². The molecule has 2 aromatic carbocycles. The van der Waals surface area contributed by atoms with Crippen molar-refractivity contribution in [3.63, 3.8) is 0 Å². The van der Waals surface area contributed by atoms with Gasteiger partial charge >= 0.3 is 0 Å². The van der Waals surface area contributed by atoms with Crippen LogP contribution in [-0.2, 0) is 0 Å². The number of nitrogens with zero attached hydrogens (tertiary/aromatic N) is 1. The van der Waals surface area contributed by atoms with Crippen LogP contribution in [-0.4, -0.2) is 21.7 Å².